The highest BCUT2D eigenvalue weighted by Crippen LogP contribution is 2.31. The van der Waals surface area contributed by atoms with Gasteiger partial charge in [-0.05, 0) is 41.5 Å². The minimum absolute atomic E-state index is 0.195. The number of benzene rings is 2. The van der Waals surface area contributed by atoms with Crippen molar-refractivity contribution in [1.82, 2.24) is 0 Å². The molecule has 19 heavy (non-hydrogen) atoms. The Kier molecular flexibility index (Phi) is 4.45. The second kappa shape index (κ2) is 5.90. The second-order valence-electron chi connectivity index (χ2n) is 4.04. The summed E-state index contributed by atoms with van der Waals surface area (Å²) in [6.45, 7) is 0. The van der Waals surface area contributed by atoms with E-state index in [-0.39, 0.29) is 5.75 Å². The maximum absolute atomic E-state index is 13.7. The summed E-state index contributed by atoms with van der Waals surface area (Å²) >= 11 is 9.37. The standard InChI is InChI=1S/C14H12BrClFNO/c1-19-13-5-2-8(6-12(13)17)14(18)10-7-9(16)3-4-11(10)15/h2-7,14H,18H2,1H3. The van der Waals surface area contributed by atoms with Crippen LogP contribution in [0.5, 0.6) is 5.75 Å². The Balaban J connectivity index is 2.41. The average Bonchev–Trinajstić information content (AvgIpc) is 2.40. The van der Waals surface area contributed by atoms with Gasteiger partial charge in [-0.1, -0.05) is 33.6 Å². The van der Waals surface area contributed by atoms with Gasteiger partial charge in [0, 0.05) is 9.50 Å². The van der Waals surface area contributed by atoms with E-state index in [1.54, 1.807) is 24.3 Å². The summed E-state index contributed by atoms with van der Waals surface area (Å²) in [5.41, 5.74) is 7.61. The highest BCUT2D eigenvalue weighted by molar-refractivity contribution is 9.10. The van der Waals surface area contributed by atoms with Crippen LogP contribution in [0.1, 0.15) is 17.2 Å². The Morgan fingerprint density at radius 3 is 2.63 bits per heavy atom. The third kappa shape index (κ3) is 3.08. The van der Waals surface area contributed by atoms with Crippen LogP contribution in [0.3, 0.4) is 0 Å². The van der Waals surface area contributed by atoms with E-state index in [4.69, 9.17) is 22.1 Å². The molecule has 0 spiro atoms. The predicted molar refractivity (Wildman–Crippen MR) is 78.1 cm³/mol. The zero-order valence-corrected chi connectivity index (χ0v) is 12.5. The van der Waals surface area contributed by atoms with E-state index < -0.39 is 11.9 Å². The Hall–Kier alpha value is -1.10. The highest BCUT2D eigenvalue weighted by Gasteiger charge is 2.15. The van der Waals surface area contributed by atoms with Gasteiger partial charge in [-0.15, -0.1) is 0 Å². The van der Waals surface area contributed by atoms with Crippen molar-refractivity contribution in [2.75, 3.05) is 7.11 Å². The monoisotopic (exact) mass is 343 g/mol. The largest absolute Gasteiger partial charge is 0.494 e. The van der Waals surface area contributed by atoms with Crippen molar-refractivity contribution in [2.45, 2.75) is 6.04 Å². The molecule has 0 aliphatic carbocycles. The molecule has 0 bridgehead atoms. The Labute approximate surface area is 124 Å². The molecule has 0 saturated heterocycles. The van der Waals surface area contributed by atoms with Gasteiger partial charge in [0.25, 0.3) is 0 Å². The van der Waals surface area contributed by atoms with Gasteiger partial charge < -0.3 is 10.5 Å². The van der Waals surface area contributed by atoms with Crippen LogP contribution in [0.2, 0.25) is 5.02 Å². The Morgan fingerprint density at radius 2 is 2.00 bits per heavy atom. The molecular formula is C14H12BrClFNO. The fourth-order valence-electron chi connectivity index (χ4n) is 1.81. The molecule has 0 amide bonds. The van der Waals surface area contributed by atoms with Gasteiger partial charge in [0.2, 0.25) is 0 Å². The molecule has 1 unspecified atom stereocenters. The van der Waals surface area contributed by atoms with Gasteiger partial charge in [-0.2, -0.15) is 0 Å². The topological polar surface area (TPSA) is 35.2 Å². The number of methoxy groups -OCH3 is 1. The molecule has 2 aromatic carbocycles. The first-order chi connectivity index (χ1) is 9.02. The van der Waals surface area contributed by atoms with Gasteiger partial charge in [-0.25, -0.2) is 4.39 Å². The Morgan fingerprint density at radius 1 is 1.26 bits per heavy atom. The van der Waals surface area contributed by atoms with Gasteiger partial charge >= 0.3 is 0 Å². The lowest BCUT2D eigenvalue weighted by Gasteiger charge is -2.15. The number of rotatable bonds is 3. The van der Waals surface area contributed by atoms with E-state index in [0.29, 0.717) is 10.6 Å². The fraction of sp³-hybridized carbons (Fsp3) is 0.143. The smallest absolute Gasteiger partial charge is 0.165 e. The second-order valence-corrected chi connectivity index (χ2v) is 5.33. The zero-order valence-electron chi connectivity index (χ0n) is 10.2. The molecule has 2 nitrogen and oxygen atoms in total. The number of hydrogen-bond donors (Lipinski definition) is 1. The normalized spacial score (nSPS) is 12.3. The zero-order chi connectivity index (χ0) is 14.0. The lowest BCUT2D eigenvalue weighted by atomic mass is 9.99. The summed E-state index contributed by atoms with van der Waals surface area (Å²) in [4.78, 5) is 0. The van der Waals surface area contributed by atoms with Crippen LogP contribution in [-0.4, -0.2) is 7.11 Å². The van der Waals surface area contributed by atoms with E-state index in [1.807, 2.05) is 6.07 Å². The van der Waals surface area contributed by atoms with Crippen LogP contribution in [-0.2, 0) is 0 Å². The van der Waals surface area contributed by atoms with Crippen LogP contribution in [0.4, 0.5) is 4.39 Å². The van der Waals surface area contributed by atoms with Crippen LogP contribution < -0.4 is 10.5 Å². The summed E-state index contributed by atoms with van der Waals surface area (Å²) in [5.74, 6) is -0.241. The van der Waals surface area contributed by atoms with Gasteiger partial charge in [0.1, 0.15) is 0 Å². The number of nitrogens with two attached hydrogens (primary N) is 1. The fourth-order valence-corrected chi connectivity index (χ4v) is 2.48. The van der Waals surface area contributed by atoms with Crippen LogP contribution in [0.25, 0.3) is 0 Å². The predicted octanol–water partition coefficient (Wildman–Crippen LogP) is 4.30. The number of ether oxygens (including phenoxy) is 1. The number of halogens is 3. The maximum Gasteiger partial charge on any atom is 0.165 e. The maximum atomic E-state index is 13.7. The molecule has 5 heteroatoms. The number of hydrogen-bond acceptors (Lipinski definition) is 2. The molecule has 2 aromatic rings. The highest BCUT2D eigenvalue weighted by atomic mass is 79.9. The van der Waals surface area contributed by atoms with Crippen molar-refractivity contribution in [3.05, 3.63) is 62.8 Å². The lowest BCUT2D eigenvalue weighted by molar-refractivity contribution is 0.386. The summed E-state index contributed by atoms with van der Waals surface area (Å²) in [5, 5.41) is 0.586. The average molecular weight is 345 g/mol. The van der Waals surface area contributed by atoms with Crippen molar-refractivity contribution in [3.8, 4) is 5.75 Å². The minimum Gasteiger partial charge on any atom is -0.494 e. The van der Waals surface area contributed by atoms with Crippen molar-refractivity contribution in [3.63, 3.8) is 0 Å². The van der Waals surface area contributed by atoms with Crippen molar-refractivity contribution >= 4 is 27.5 Å². The van der Waals surface area contributed by atoms with Crippen LogP contribution in [0.15, 0.2) is 40.9 Å². The third-order valence-corrected chi connectivity index (χ3v) is 3.79. The van der Waals surface area contributed by atoms with E-state index in [1.165, 1.54) is 13.2 Å². The molecular weight excluding hydrogens is 333 g/mol. The van der Waals surface area contributed by atoms with Gasteiger partial charge in [0.05, 0.1) is 13.2 Å². The summed E-state index contributed by atoms with van der Waals surface area (Å²) < 4.78 is 19.4. The van der Waals surface area contributed by atoms with Crippen molar-refractivity contribution in [2.24, 2.45) is 5.73 Å². The van der Waals surface area contributed by atoms with E-state index in [9.17, 15) is 4.39 Å². The van der Waals surface area contributed by atoms with Gasteiger partial charge in [0.15, 0.2) is 11.6 Å². The van der Waals surface area contributed by atoms with Gasteiger partial charge in [-0.3, -0.25) is 0 Å². The van der Waals surface area contributed by atoms with Crippen LogP contribution >= 0.6 is 27.5 Å². The molecule has 0 fully saturated rings. The molecule has 1 atom stereocenters. The summed E-state index contributed by atoms with van der Waals surface area (Å²) in [7, 11) is 1.42. The van der Waals surface area contributed by atoms with E-state index in [0.717, 1.165) is 10.0 Å². The van der Waals surface area contributed by atoms with Crippen molar-refractivity contribution < 1.29 is 9.13 Å². The van der Waals surface area contributed by atoms with E-state index >= 15 is 0 Å². The molecule has 0 aliphatic rings. The van der Waals surface area contributed by atoms with Crippen LogP contribution in [0, 0.1) is 5.82 Å². The first-order valence-electron chi connectivity index (χ1n) is 5.57. The third-order valence-electron chi connectivity index (χ3n) is 2.83. The lowest BCUT2D eigenvalue weighted by Crippen LogP contribution is -2.13. The molecule has 2 N–H and O–H groups in total. The molecule has 0 aliphatic heterocycles. The molecule has 2 rings (SSSR count). The first kappa shape index (κ1) is 14.3. The molecule has 0 radical (unpaired) electrons. The summed E-state index contributed by atoms with van der Waals surface area (Å²) in [6, 6.07) is 9.54. The first-order valence-corrected chi connectivity index (χ1v) is 6.74. The SMILES string of the molecule is COc1ccc(C(N)c2cc(Cl)ccc2Br)cc1F. The molecule has 0 heterocycles. The summed E-state index contributed by atoms with van der Waals surface area (Å²) in [6.07, 6.45) is 0. The molecule has 100 valence electrons. The molecule has 0 aromatic heterocycles. The van der Waals surface area contributed by atoms with Crippen molar-refractivity contribution in [1.29, 1.82) is 0 Å². The minimum atomic E-state index is -0.464. The Bertz CT molecular complexity index is 606. The molecule has 0 saturated carbocycles. The quantitative estimate of drug-likeness (QED) is 0.901. The van der Waals surface area contributed by atoms with E-state index in [2.05, 4.69) is 15.9 Å².